The van der Waals surface area contributed by atoms with Crippen molar-refractivity contribution in [2.75, 3.05) is 0 Å². The van der Waals surface area contributed by atoms with Crippen molar-refractivity contribution in [1.82, 2.24) is 9.55 Å². The van der Waals surface area contributed by atoms with Gasteiger partial charge in [0.05, 0.1) is 12.2 Å². The zero-order chi connectivity index (χ0) is 13.2. The number of hydrogen-bond donors (Lipinski definition) is 0. The first kappa shape index (κ1) is 11.7. The minimum atomic E-state index is 0.682. The van der Waals surface area contributed by atoms with Crippen LogP contribution in [-0.4, -0.2) is 15.8 Å². The van der Waals surface area contributed by atoms with Crippen molar-refractivity contribution in [1.29, 1.82) is 0 Å². The Kier molecular flexibility index (Phi) is 2.88. The molecule has 0 aliphatic rings. The summed E-state index contributed by atoms with van der Waals surface area (Å²) in [5.74, 6) is 0. The molecule has 3 nitrogen and oxygen atoms in total. The van der Waals surface area contributed by atoms with Crippen molar-refractivity contribution in [3.63, 3.8) is 0 Å². The van der Waals surface area contributed by atoms with Crippen LogP contribution in [0.2, 0.25) is 0 Å². The molecule has 0 bridgehead atoms. The fourth-order valence-corrected chi connectivity index (χ4v) is 2.46. The Morgan fingerprint density at radius 3 is 2.68 bits per heavy atom. The molecule has 3 rings (SSSR count). The maximum absolute atomic E-state index is 11.3. The summed E-state index contributed by atoms with van der Waals surface area (Å²) in [6, 6.07) is 13.9. The third-order valence-corrected chi connectivity index (χ3v) is 3.44. The van der Waals surface area contributed by atoms with E-state index in [-0.39, 0.29) is 0 Å². The Morgan fingerprint density at radius 2 is 1.95 bits per heavy atom. The fraction of sp³-hybridized carbons (Fsp3) is 0.125. The molecule has 0 saturated heterocycles. The van der Waals surface area contributed by atoms with Crippen molar-refractivity contribution < 1.29 is 4.79 Å². The van der Waals surface area contributed by atoms with Crippen LogP contribution in [-0.2, 0) is 6.54 Å². The average molecular weight is 250 g/mol. The number of nitrogens with zero attached hydrogens (tertiary/aromatic N) is 2. The van der Waals surface area contributed by atoms with Gasteiger partial charge in [0.1, 0.15) is 0 Å². The zero-order valence-corrected chi connectivity index (χ0v) is 10.7. The van der Waals surface area contributed by atoms with E-state index >= 15 is 0 Å². The van der Waals surface area contributed by atoms with Gasteiger partial charge in [-0.25, -0.2) is 0 Å². The van der Waals surface area contributed by atoms with Crippen molar-refractivity contribution >= 4 is 17.2 Å². The van der Waals surface area contributed by atoms with Crippen LogP contribution in [0.3, 0.4) is 0 Å². The first-order valence-corrected chi connectivity index (χ1v) is 6.24. The minimum Gasteiger partial charge on any atom is -0.338 e. The van der Waals surface area contributed by atoms with Gasteiger partial charge in [0.25, 0.3) is 0 Å². The van der Waals surface area contributed by atoms with Crippen LogP contribution in [0.15, 0.2) is 48.7 Å². The van der Waals surface area contributed by atoms with E-state index in [1.54, 1.807) is 6.20 Å². The summed E-state index contributed by atoms with van der Waals surface area (Å²) in [6.45, 7) is 2.66. The van der Waals surface area contributed by atoms with Gasteiger partial charge in [-0.3, -0.25) is 9.78 Å². The molecule has 3 aromatic rings. The number of benzene rings is 1. The molecule has 0 N–H and O–H groups in total. The van der Waals surface area contributed by atoms with Crippen molar-refractivity contribution in [3.8, 4) is 0 Å². The topological polar surface area (TPSA) is 34.9 Å². The van der Waals surface area contributed by atoms with E-state index in [0.717, 1.165) is 34.1 Å². The van der Waals surface area contributed by atoms with Crippen LogP contribution in [0.25, 0.3) is 10.9 Å². The molecule has 0 saturated carbocycles. The number of para-hydroxylation sites is 1. The van der Waals surface area contributed by atoms with Gasteiger partial charge in [-0.05, 0) is 25.1 Å². The molecule has 94 valence electrons. The maximum atomic E-state index is 11.3. The zero-order valence-electron chi connectivity index (χ0n) is 10.7. The van der Waals surface area contributed by atoms with Gasteiger partial charge in [0, 0.05) is 28.4 Å². The van der Waals surface area contributed by atoms with Crippen LogP contribution < -0.4 is 0 Å². The number of hydrogen-bond acceptors (Lipinski definition) is 2. The summed E-state index contributed by atoms with van der Waals surface area (Å²) in [7, 11) is 0. The maximum Gasteiger partial charge on any atom is 0.152 e. The first-order valence-electron chi connectivity index (χ1n) is 6.24. The van der Waals surface area contributed by atoms with E-state index in [1.165, 1.54) is 0 Å². The van der Waals surface area contributed by atoms with Crippen LogP contribution in [0.5, 0.6) is 0 Å². The van der Waals surface area contributed by atoms with E-state index in [4.69, 9.17) is 0 Å². The van der Waals surface area contributed by atoms with Crippen molar-refractivity contribution in [3.05, 3.63) is 65.6 Å². The minimum absolute atomic E-state index is 0.682. The highest BCUT2D eigenvalue weighted by atomic mass is 16.1. The van der Waals surface area contributed by atoms with Gasteiger partial charge >= 0.3 is 0 Å². The molecule has 2 heterocycles. The molecular weight excluding hydrogens is 236 g/mol. The predicted molar refractivity (Wildman–Crippen MR) is 75.4 cm³/mol. The van der Waals surface area contributed by atoms with Gasteiger partial charge in [0.15, 0.2) is 6.29 Å². The first-order chi connectivity index (χ1) is 9.31. The number of aromatic nitrogens is 2. The summed E-state index contributed by atoms with van der Waals surface area (Å²) in [5.41, 5.74) is 3.82. The second-order valence-electron chi connectivity index (χ2n) is 4.54. The summed E-state index contributed by atoms with van der Waals surface area (Å²) in [6.07, 6.45) is 2.73. The van der Waals surface area contributed by atoms with E-state index < -0.39 is 0 Å². The number of rotatable bonds is 3. The quantitative estimate of drug-likeness (QED) is 0.669. The molecule has 0 radical (unpaired) electrons. The highest BCUT2D eigenvalue weighted by Gasteiger charge is 2.13. The average Bonchev–Trinajstić information content (AvgIpc) is 2.73. The monoisotopic (exact) mass is 250 g/mol. The molecule has 0 fully saturated rings. The van der Waals surface area contributed by atoms with Crippen LogP contribution in [0.4, 0.5) is 0 Å². The van der Waals surface area contributed by atoms with Gasteiger partial charge in [-0.2, -0.15) is 0 Å². The number of fused-ring (bicyclic) bond motifs is 1. The second kappa shape index (κ2) is 4.69. The number of aldehydes is 1. The van der Waals surface area contributed by atoms with Gasteiger partial charge < -0.3 is 4.57 Å². The summed E-state index contributed by atoms with van der Waals surface area (Å²) in [5, 5.41) is 1.01. The smallest absolute Gasteiger partial charge is 0.152 e. The molecule has 2 aromatic heterocycles. The molecule has 19 heavy (non-hydrogen) atoms. The van der Waals surface area contributed by atoms with Crippen LogP contribution in [0, 0.1) is 6.92 Å². The Labute approximate surface area is 111 Å². The van der Waals surface area contributed by atoms with Gasteiger partial charge in [0.2, 0.25) is 0 Å². The van der Waals surface area contributed by atoms with Crippen LogP contribution >= 0.6 is 0 Å². The van der Waals surface area contributed by atoms with E-state index in [9.17, 15) is 4.79 Å². The third kappa shape index (κ3) is 1.93. The van der Waals surface area contributed by atoms with Crippen molar-refractivity contribution in [2.24, 2.45) is 0 Å². The third-order valence-electron chi connectivity index (χ3n) is 3.44. The number of carbonyl (C=O) groups excluding carboxylic acids is 1. The van der Waals surface area contributed by atoms with Crippen molar-refractivity contribution in [2.45, 2.75) is 13.5 Å². The summed E-state index contributed by atoms with van der Waals surface area (Å²) < 4.78 is 2.14. The molecule has 3 heteroatoms. The van der Waals surface area contributed by atoms with Gasteiger partial charge in [-0.15, -0.1) is 0 Å². The molecule has 0 amide bonds. The lowest BCUT2D eigenvalue weighted by atomic mass is 10.1. The highest BCUT2D eigenvalue weighted by molar-refractivity contribution is 5.99. The molecule has 0 unspecified atom stereocenters. The Bertz CT molecular complexity index is 729. The van der Waals surface area contributed by atoms with Gasteiger partial charge in [-0.1, -0.05) is 24.3 Å². The molecule has 0 spiro atoms. The molecule has 1 aromatic carbocycles. The lowest BCUT2D eigenvalue weighted by molar-refractivity contribution is 0.112. The number of carbonyl (C=O) groups is 1. The molecule has 0 aliphatic heterocycles. The SMILES string of the molecule is Cc1c(C=O)c2ccccc2n1Cc1ccccn1. The van der Waals surface area contributed by atoms with E-state index in [0.29, 0.717) is 6.54 Å². The Balaban J connectivity index is 2.18. The normalized spacial score (nSPS) is 10.8. The lowest BCUT2D eigenvalue weighted by Gasteiger charge is -2.07. The molecule has 0 atom stereocenters. The largest absolute Gasteiger partial charge is 0.338 e. The lowest BCUT2D eigenvalue weighted by Crippen LogP contribution is -2.03. The summed E-state index contributed by atoms with van der Waals surface area (Å²) in [4.78, 5) is 15.6. The Hall–Kier alpha value is -2.42. The van der Waals surface area contributed by atoms with E-state index in [1.807, 2.05) is 49.4 Å². The summed E-state index contributed by atoms with van der Waals surface area (Å²) >= 11 is 0. The number of pyridine rings is 1. The highest BCUT2D eigenvalue weighted by Crippen LogP contribution is 2.25. The predicted octanol–water partition coefficient (Wildman–Crippen LogP) is 3.21. The van der Waals surface area contributed by atoms with Crippen LogP contribution in [0.1, 0.15) is 21.7 Å². The van der Waals surface area contributed by atoms with E-state index in [2.05, 4.69) is 9.55 Å². The second-order valence-corrected chi connectivity index (χ2v) is 4.54. The molecule has 0 aliphatic carbocycles. The standard InChI is InChI=1S/C16H14N2O/c1-12-15(11-19)14-7-2-3-8-16(14)18(12)10-13-6-4-5-9-17-13/h2-9,11H,10H2,1H3. The molecular formula is C16H14N2O. The fourth-order valence-electron chi connectivity index (χ4n) is 2.46. The Morgan fingerprint density at radius 1 is 1.16 bits per heavy atom.